The Balaban J connectivity index is 2.57. The summed E-state index contributed by atoms with van der Waals surface area (Å²) in [5.41, 5.74) is -0.0878. The van der Waals surface area contributed by atoms with Crippen LogP contribution in [0.2, 0.25) is 0 Å². The van der Waals surface area contributed by atoms with Crippen molar-refractivity contribution >= 4 is 10.0 Å². The van der Waals surface area contributed by atoms with Crippen LogP contribution in [0, 0.1) is 0 Å². The van der Waals surface area contributed by atoms with Crippen LogP contribution in [0.4, 0.5) is 0 Å². The standard InChI is InChI=1S/C12H20N2O4S/c1-12(2,14-19(3,17)18)8-13-7-9-5-4-6-10(15)11(9)16/h4-6,13-16H,7-8H2,1-3H3. The third-order valence-corrected chi connectivity index (χ3v) is 3.37. The molecular formula is C12H20N2O4S. The van der Waals surface area contributed by atoms with E-state index in [1.807, 2.05) is 0 Å². The maximum absolute atomic E-state index is 11.2. The highest BCUT2D eigenvalue weighted by Crippen LogP contribution is 2.27. The van der Waals surface area contributed by atoms with Crippen molar-refractivity contribution in [3.63, 3.8) is 0 Å². The average Bonchev–Trinajstić information content (AvgIpc) is 2.20. The fourth-order valence-corrected chi connectivity index (χ4v) is 2.84. The van der Waals surface area contributed by atoms with E-state index in [2.05, 4.69) is 10.0 Å². The zero-order valence-corrected chi connectivity index (χ0v) is 12.1. The summed E-state index contributed by atoms with van der Waals surface area (Å²) in [6.45, 7) is 4.22. The topological polar surface area (TPSA) is 98.7 Å². The van der Waals surface area contributed by atoms with Gasteiger partial charge in [0.2, 0.25) is 10.0 Å². The van der Waals surface area contributed by atoms with Gasteiger partial charge < -0.3 is 15.5 Å². The number of sulfonamides is 1. The number of benzene rings is 1. The van der Waals surface area contributed by atoms with Crippen molar-refractivity contribution in [2.45, 2.75) is 25.9 Å². The Bertz CT molecular complexity index is 541. The maximum Gasteiger partial charge on any atom is 0.209 e. The van der Waals surface area contributed by atoms with Crippen molar-refractivity contribution in [2.24, 2.45) is 0 Å². The molecule has 6 nitrogen and oxygen atoms in total. The number of nitrogens with one attached hydrogen (secondary N) is 2. The Morgan fingerprint density at radius 1 is 1.26 bits per heavy atom. The fraction of sp³-hybridized carbons (Fsp3) is 0.500. The third kappa shape index (κ3) is 5.46. The van der Waals surface area contributed by atoms with Crippen molar-refractivity contribution in [3.05, 3.63) is 23.8 Å². The highest BCUT2D eigenvalue weighted by atomic mass is 32.2. The lowest BCUT2D eigenvalue weighted by molar-refractivity contribution is 0.391. The highest BCUT2D eigenvalue weighted by molar-refractivity contribution is 7.88. The molecule has 0 saturated heterocycles. The summed E-state index contributed by atoms with van der Waals surface area (Å²) in [5.74, 6) is -0.336. The van der Waals surface area contributed by atoms with Gasteiger partial charge in [-0.15, -0.1) is 0 Å². The first kappa shape index (κ1) is 15.7. The number of phenolic OH excluding ortho intramolecular Hbond substituents is 2. The molecule has 0 atom stereocenters. The van der Waals surface area contributed by atoms with Crippen LogP contribution < -0.4 is 10.0 Å². The molecule has 0 bridgehead atoms. The predicted octanol–water partition coefficient (Wildman–Crippen LogP) is 0.515. The molecule has 0 unspecified atom stereocenters. The van der Waals surface area contributed by atoms with Crippen LogP contribution >= 0.6 is 0 Å². The minimum atomic E-state index is -3.27. The van der Waals surface area contributed by atoms with Gasteiger partial charge in [0, 0.05) is 24.2 Å². The molecule has 1 rings (SSSR count). The minimum absolute atomic E-state index is 0.163. The summed E-state index contributed by atoms with van der Waals surface area (Å²) in [6.07, 6.45) is 1.11. The van der Waals surface area contributed by atoms with Gasteiger partial charge in [-0.25, -0.2) is 13.1 Å². The van der Waals surface area contributed by atoms with Crippen LogP contribution in [-0.2, 0) is 16.6 Å². The van der Waals surface area contributed by atoms with Crippen LogP contribution in [-0.4, -0.2) is 37.0 Å². The van der Waals surface area contributed by atoms with Crippen molar-refractivity contribution in [1.29, 1.82) is 0 Å². The van der Waals surface area contributed by atoms with Crippen LogP contribution in [0.25, 0.3) is 0 Å². The summed E-state index contributed by atoms with van der Waals surface area (Å²) in [5, 5.41) is 22.0. The third-order valence-electron chi connectivity index (χ3n) is 2.44. The SMILES string of the molecule is CC(C)(CNCc1cccc(O)c1O)NS(C)(=O)=O. The highest BCUT2D eigenvalue weighted by Gasteiger charge is 2.21. The van der Waals surface area contributed by atoms with Gasteiger partial charge in [-0.05, 0) is 19.9 Å². The van der Waals surface area contributed by atoms with Gasteiger partial charge in [0.15, 0.2) is 11.5 Å². The molecule has 4 N–H and O–H groups in total. The second kappa shape index (κ2) is 5.77. The van der Waals surface area contributed by atoms with E-state index in [-0.39, 0.29) is 11.5 Å². The van der Waals surface area contributed by atoms with E-state index in [4.69, 9.17) is 0 Å². The summed E-state index contributed by atoms with van der Waals surface area (Å²) in [4.78, 5) is 0. The monoisotopic (exact) mass is 288 g/mol. The minimum Gasteiger partial charge on any atom is -0.504 e. The zero-order chi connectivity index (χ0) is 14.7. The molecule has 0 saturated carbocycles. The van der Waals surface area contributed by atoms with Crippen LogP contribution in [0.5, 0.6) is 11.5 Å². The van der Waals surface area contributed by atoms with E-state index in [1.165, 1.54) is 6.07 Å². The second-order valence-electron chi connectivity index (χ2n) is 5.15. The maximum atomic E-state index is 11.2. The van der Waals surface area contributed by atoms with Gasteiger partial charge >= 0.3 is 0 Å². The second-order valence-corrected chi connectivity index (χ2v) is 6.89. The molecule has 0 aromatic heterocycles. The number of hydrogen-bond donors (Lipinski definition) is 4. The predicted molar refractivity (Wildman–Crippen MR) is 73.5 cm³/mol. The van der Waals surface area contributed by atoms with Crippen LogP contribution in [0.1, 0.15) is 19.4 Å². The lowest BCUT2D eigenvalue weighted by Crippen LogP contribution is -2.49. The molecule has 1 aromatic carbocycles. The number of phenols is 2. The summed E-state index contributed by atoms with van der Waals surface area (Å²) < 4.78 is 24.8. The number of rotatable bonds is 6. The van der Waals surface area contributed by atoms with Crippen molar-refractivity contribution in [1.82, 2.24) is 10.0 Å². The lowest BCUT2D eigenvalue weighted by Gasteiger charge is -2.25. The average molecular weight is 288 g/mol. The van der Waals surface area contributed by atoms with E-state index in [0.29, 0.717) is 18.7 Å². The normalized spacial score (nSPS) is 12.6. The quantitative estimate of drug-likeness (QED) is 0.572. The summed E-state index contributed by atoms with van der Waals surface area (Å²) in [6, 6.07) is 4.71. The Kier molecular flexibility index (Phi) is 4.78. The van der Waals surface area contributed by atoms with E-state index in [1.54, 1.807) is 26.0 Å². The molecule has 1 aromatic rings. The Hall–Kier alpha value is -1.31. The first-order valence-electron chi connectivity index (χ1n) is 5.80. The number of hydrogen-bond acceptors (Lipinski definition) is 5. The molecule has 0 aliphatic carbocycles. The van der Waals surface area contributed by atoms with Crippen molar-refractivity contribution in [2.75, 3.05) is 12.8 Å². The largest absolute Gasteiger partial charge is 0.504 e. The number of aromatic hydroxyl groups is 2. The summed E-state index contributed by atoms with van der Waals surface area (Å²) in [7, 11) is -3.27. The van der Waals surface area contributed by atoms with Gasteiger partial charge in [-0.3, -0.25) is 0 Å². The molecule has 0 radical (unpaired) electrons. The van der Waals surface area contributed by atoms with Crippen molar-refractivity contribution in [3.8, 4) is 11.5 Å². The van der Waals surface area contributed by atoms with Gasteiger partial charge in [-0.1, -0.05) is 12.1 Å². The summed E-state index contributed by atoms with van der Waals surface area (Å²) >= 11 is 0. The smallest absolute Gasteiger partial charge is 0.209 e. The first-order valence-corrected chi connectivity index (χ1v) is 7.69. The molecule has 0 aliphatic heterocycles. The van der Waals surface area contributed by atoms with E-state index in [9.17, 15) is 18.6 Å². The molecule has 0 spiro atoms. The molecule has 0 heterocycles. The zero-order valence-electron chi connectivity index (χ0n) is 11.3. The van der Waals surface area contributed by atoms with Crippen molar-refractivity contribution < 1.29 is 18.6 Å². The molecule has 0 fully saturated rings. The van der Waals surface area contributed by atoms with Gasteiger partial charge in [0.05, 0.1) is 6.26 Å². The van der Waals surface area contributed by atoms with Gasteiger partial charge in [0.25, 0.3) is 0 Å². The van der Waals surface area contributed by atoms with E-state index in [0.717, 1.165) is 6.26 Å². The molecular weight excluding hydrogens is 268 g/mol. The van der Waals surface area contributed by atoms with Gasteiger partial charge in [-0.2, -0.15) is 0 Å². The molecule has 7 heteroatoms. The molecule has 19 heavy (non-hydrogen) atoms. The van der Waals surface area contributed by atoms with Gasteiger partial charge in [0.1, 0.15) is 0 Å². The fourth-order valence-electron chi connectivity index (χ4n) is 1.77. The Morgan fingerprint density at radius 3 is 2.47 bits per heavy atom. The number of para-hydroxylation sites is 1. The van der Waals surface area contributed by atoms with E-state index < -0.39 is 15.6 Å². The first-order chi connectivity index (χ1) is 8.61. The lowest BCUT2D eigenvalue weighted by atomic mass is 10.1. The Labute approximate surface area is 113 Å². The molecule has 0 amide bonds. The van der Waals surface area contributed by atoms with Crippen LogP contribution in [0.15, 0.2) is 18.2 Å². The molecule has 0 aliphatic rings. The molecule has 108 valence electrons. The Morgan fingerprint density at radius 2 is 1.89 bits per heavy atom. The van der Waals surface area contributed by atoms with Crippen LogP contribution in [0.3, 0.4) is 0 Å². The van der Waals surface area contributed by atoms with E-state index >= 15 is 0 Å².